The average molecular weight is 630 g/mol. The number of hydrogen-bond acceptors (Lipinski definition) is 10. The van der Waals surface area contributed by atoms with Crippen molar-refractivity contribution in [3.05, 3.63) is 124 Å². The Balaban J connectivity index is 1.51. The van der Waals surface area contributed by atoms with Crippen LogP contribution in [-0.2, 0) is 16.1 Å². The fraction of sp³-hybridized carbons (Fsp3) is 0.242. The lowest BCUT2D eigenvalue weighted by molar-refractivity contribution is -0.384. The molecule has 45 heavy (non-hydrogen) atoms. The highest BCUT2D eigenvalue weighted by Gasteiger charge is 2.33. The van der Waals surface area contributed by atoms with E-state index in [0.717, 1.165) is 5.56 Å². The van der Waals surface area contributed by atoms with Gasteiger partial charge in [0.1, 0.15) is 12.4 Å². The summed E-state index contributed by atoms with van der Waals surface area (Å²) in [6.07, 6.45) is 1.75. The van der Waals surface area contributed by atoms with Gasteiger partial charge in [-0.3, -0.25) is 19.5 Å². The first kappa shape index (κ1) is 31.2. The molecule has 0 fully saturated rings. The monoisotopic (exact) mass is 629 g/mol. The number of thiazole rings is 1. The highest BCUT2D eigenvalue weighted by atomic mass is 32.1. The fourth-order valence-electron chi connectivity index (χ4n) is 4.92. The molecule has 0 radical (unpaired) electrons. The van der Waals surface area contributed by atoms with E-state index in [1.165, 1.54) is 28.0 Å². The van der Waals surface area contributed by atoms with Gasteiger partial charge in [0.2, 0.25) is 0 Å². The lowest BCUT2D eigenvalue weighted by Crippen LogP contribution is -2.39. The van der Waals surface area contributed by atoms with Crippen molar-refractivity contribution in [3.8, 4) is 17.2 Å². The van der Waals surface area contributed by atoms with Crippen molar-refractivity contribution in [2.24, 2.45) is 4.99 Å². The number of benzene rings is 3. The molecule has 1 aliphatic heterocycles. The van der Waals surface area contributed by atoms with Crippen LogP contribution in [0.2, 0.25) is 0 Å². The number of nitro benzene ring substituents is 1. The van der Waals surface area contributed by atoms with E-state index in [-0.39, 0.29) is 24.5 Å². The Bertz CT molecular complexity index is 1940. The second kappa shape index (κ2) is 13.6. The molecule has 1 atom stereocenters. The summed E-state index contributed by atoms with van der Waals surface area (Å²) in [6, 6.07) is 17.9. The van der Waals surface area contributed by atoms with Crippen molar-refractivity contribution >= 4 is 29.1 Å². The van der Waals surface area contributed by atoms with E-state index < -0.39 is 16.9 Å². The number of hydrogen-bond donors (Lipinski definition) is 0. The van der Waals surface area contributed by atoms with E-state index in [2.05, 4.69) is 4.99 Å². The van der Waals surface area contributed by atoms with Crippen molar-refractivity contribution in [2.75, 3.05) is 20.3 Å². The Morgan fingerprint density at radius 1 is 1.02 bits per heavy atom. The minimum atomic E-state index is -0.734. The van der Waals surface area contributed by atoms with Crippen LogP contribution in [0.5, 0.6) is 17.2 Å². The molecule has 0 N–H and O–H groups in total. The maximum Gasteiger partial charge on any atom is 0.338 e. The van der Waals surface area contributed by atoms with Gasteiger partial charge in [-0.2, -0.15) is 0 Å². The largest absolute Gasteiger partial charge is 0.497 e. The molecule has 4 aromatic rings. The number of nitro groups is 1. The molecule has 232 valence electrons. The Hall–Kier alpha value is -5.23. The predicted octanol–water partition coefficient (Wildman–Crippen LogP) is 4.69. The molecule has 0 amide bonds. The molecular formula is C33H31N3O8S. The smallest absolute Gasteiger partial charge is 0.338 e. The fourth-order valence-corrected chi connectivity index (χ4v) is 5.97. The zero-order valence-corrected chi connectivity index (χ0v) is 26.0. The summed E-state index contributed by atoms with van der Waals surface area (Å²) in [6.45, 7) is 6.08. The van der Waals surface area contributed by atoms with E-state index in [1.54, 1.807) is 63.4 Å². The minimum Gasteiger partial charge on any atom is -0.497 e. The molecule has 1 aliphatic rings. The summed E-state index contributed by atoms with van der Waals surface area (Å²) in [7, 11) is 1.57. The number of carbonyl (C=O) groups excluding carboxylic acids is 1. The number of ether oxygens (including phenoxy) is 4. The number of aromatic nitrogens is 1. The first-order valence-corrected chi connectivity index (χ1v) is 15.0. The normalized spacial score (nSPS) is 14.4. The van der Waals surface area contributed by atoms with Crippen molar-refractivity contribution in [1.29, 1.82) is 0 Å². The van der Waals surface area contributed by atoms with Crippen molar-refractivity contribution in [3.63, 3.8) is 0 Å². The SMILES string of the molecule is CCOC(=O)C1=C(C)N=c2s/c(=C/c3ccc(OCc4ccc([N+](=O)[O-])cc4)c(OCC)c3)c(=O)n2C1c1ccc(OC)cc1. The molecule has 2 heterocycles. The lowest BCUT2D eigenvalue weighted by atomic mass is 9.96. The number of carbonyl (C=O) groups is 1. The Morgan fingerprint density at radius 3 is 2.40 bits per heavy atom. The van der Waals surface area contributed by atoms with E-state index in [1.807, 2.05) is 25.1 Å². The third kappa shape index (κ3) is 6.65. The zero-order chi connectivity index (χ0) is 32.1. The van der Waals surface area contributed by atoms with Crippen LogP contribution in [-0.4, -0.2) is 35.8 Å². The van der Waals surface area contributed by atoms with Crippen molar-refractivity contribution in [1.82, 2.24) is 4.57 Å². The average Bonchev–Trinajstić information content (AvgIpc) is 3.34. The number of fused-ring (bicyclic) bond motifs is 1. The van der Waals surface area contributed by atoms with Crippen LogP contribution >= 0.6 is 11.3 Å². The van der Waals surface area contributed by atoms with Gasteiger partial charge in [0.25, 0.3) is 11.2 Å². The minimum absolute atomic E-state index is 0.00554. The van der Waals surface area contributed by atoms with Gasteiger partial charge in [-0.15, -0.1) is 0 Å². The van der Waals surface area contributed by atoms with Crippen LogP contribution in [0.1, 0.15) is 43.5 Å². The molecular weight excluding hydrogens is 598 g/mol. The second-order valence-corrected chi connectivity index (χ2v) is 10.9. The van der Waals surface area contributed by atoms with Gasteiger partial charge in [-0.1, -0.05) is 29.5 Å². The third-order valence-electron chi connectivity index (χ3n) is 7.06. The first-order valence-electron chi connectivity index (χ1n) is 14.2. The van der Waals surface area contributed by atoms with Crippen molar-refractivity contribution < 1.29 is 28.7 Å². The topological polar surface area (TPSA) is 131 Å². The van der Waals surface area contributed by atoms with Crippen molar-refractivity contribution in [2.45, 2.75) is 33.4 Å². The van der Waals surface area contributed by atoms with Gasteiger partial charge in [-0.05, 0) is 79.9 Å². The molecule has 0 saturated carbocycles. The van der Waals surface area contributed by atoms with E-state index in [9.17, 15) is 19.7 Å². The van der Waals surface area contributed by atoms with E-state index in [4.69, 9.17) is 18.9 Å². The third-order valence-corrected chi connectivity index (χ3v) is 8.04. The second-order valence-electron chi connectivity index (χ2n) is 9.93. The van der Waals surface area contributed by atoms with Crippen LogP contribution in [0.25, 0.3) is 6.08 Å². The molecule has 0 aliphatic carbocycles. The molecule has 0 saturated heterocycles. The van der Waals surface area contributed by atoms with Crippen LogP contribution in [0.3, 0.4) is 0 Å². The summed E-state index contributed by atoms with van der Waals surface area (Å²) in [5, 5.41) is 10.9. The Kier molecular flexibility index (Phi) is 9.43. The number of esters is 1. The molecule has 0 bridgehead atoms. The van der Waals surface area contributed by atoms with Gasteiger partial charge in [0, 0.05) is 12.1 Å². The van der Waals surface area contributed by atoms with Crippen LogP contribution < -0.4 is 29.1 Å². The standard InChI is InChI=1S/C33H31N3O8S/c1-5-42-27-17-22(9-16-26(27)44-19-21-7-12-24(13-8-21)36(39)40)18-28-31(37)35-30(23-10-14-25(41-4)15-11-23)29(32(38)43-6-2)20(3)34-33(35)45-28/h7-18,30H,5-6,19H2,1-4H3/b28-18+. The number of methoxy groups -OCH3 is 1. The highest BCUT2D eigenvalue weighted by Crippen LogP contribution is 2.32. The number of rotatable bonds is 11. The molecule has 0 spiro atoms. The predicted molar refractivity (Wildman–Crippen MR) is 168 cm³/mol. The summed E-state index contributed by atoms with van der Waals surface area (Å²) in [5.74, 6) is 1.09. The molecule has 1 unspecified atom stereocenters. The highest BCUT2D eigenvalue weighted by molar-refractivity contribution is 7.07. The van der Waals surface area contributed by atoms with Crippen LogP contribution in [0, 0.1) is 10.1 Å². The molecule has 3 aromatic carbocycles. The first-order chi connectivity index (χ1) is 21.7. The summed E-state index contributed by atoms with van der Waals surface area (Å²) in [5.41, 5.74) is 2.67. The van der Waals surface area contributed by atoms with E-state index >= 15 is 0 Å². The maximum absolute atomic E-state index is 13.9. The molecule has 1 aromatic heterocycles. The van der Waals surface area contributed by atoms with E-state index in [0.29, 0.717) is 55.6 Å². The number of non-ortho nitro benzene ring substituents is 1. The quantitative estimate of drug-likeness (QED) is 0.133. The maximum atomic E-state index is 13.9. The lowest BCUT2D eigenvalue weighted by Gasteiger charge is -2.24. The summed E-state index contributed by atoms with van der Waals surface area (Å²) >= 11 is 1.23. The molecule has 5 rings (SSSR count). The van der Waals surface area contributed by atoms with Gasteiger partial charge in [0.05, 0.1) is 47.1 Å². The summed E-state index contributed by atoms with van der Waals surface area (Å²) < 4.78 is 24.4. The van der Waals surface area contributed by atoms with Gasteiger partial charge < -0.3 is 18.9 Å². The number of allylic oxidation sites excluding steroid dienone is 1. The van der Waals surface area contributed by atoms with Crippen LogP contribution in [0.4, 0.5) is 5.69 Å². The molecule has 11 nitrogen and oxygen atoms in total. The zero-order valence-electron chi connectivity index (χ0n) is 25.1. The Labute approximate surface area is 262 Å². The molecule has 12 heteroatoms. The summed E-state index contributed by atoms with van der Waals surface area (Å²) in [4.78, 5) is 42.6. The van der Waals surface area contributed by atoms with Gasteiger partial charge in [-0.25, -0.2) is 9.79 Å². The van der Waals surface area contributed by atoms with Gasteiger partial charge in [0.15, 0.2) is 16.3 Å². The van der Waals surface area contributed by atoms with Gasteiger partial charge >= 0.3 is 5.97 Å². The Morgan fingerprint density at radius 2 is 1.76 bits per heavy atom. The number of nitrogens with zero attached hydrogens (tertiary/aromatic N) is 3. The van der Waals surface area contributed by atoms with Crippen LogP contribution in [0.15, 0.2) is 87.8 Å².